The Morgan fingerprint density at radius 3 is 2.52 bits per heavy atom. The van der Waals surface area contributed by atoms with Gasteiger partial charge in [-0.15, -0.1) is 0 Å². The summed E-state index contributed by atoms with van der Waals surface area (Å²) in [6.07, 6.45) is 0. The number of benzene rings is 2. The van der Waals surface area contributed by atoms with E-state index in [2.05, 4.69) is 33.0 Å². The number of anilines is 1. The van der Waals surface area contributed by atoms with Gasteiger partial charge in [-0.3, -0.25) is 9.48 Å². The number of aryl methyl sites for hydroxylation is 1. The molecular formula is C19H17FIN3O. The predicted molar refractivity (Wildman–Crippen MR) is 104 cm³/mol. The molecule has 3 rings (SSSR count). The number of amides is 1. The Bertz CT molecular complexity index is 919. The molecule has 6 heteroatoms. The smallest absolute Gasteiger partial charge is 0.256 e. The number of hydrogen-bond donors (Lipinski definition) is 1. The molecule has 4 nitrogen and oxygen atoms in total. The van der Waals surface area contributed by atoms with Gasteiger partial charge in [-0.1, -0.05) is 24.3 Å². The van der Waals surface area contributed by atoms with Crippen LogP contribution in [0, 0.1) is 23.2 Å². The van der Waals surface area contributed by atoms with E-state index in [4.69, 9.17) is 0 Å². The number of rotatable bonds is 4. The van der Waals surface area contributed by atoms with E-state index < -0.39 is 0 Å². The van der Waals surface area contributed by atoms with Gasteiger partial charge in [0.2, 0.25) is 0 Å². The molecule has 1 amide bonds. The molecule has 0 aliphatic carbocycles. The van der Waals surface area contributed by atoms with Crippen LogP contribution < -0.4 is 5.32 Å². The summed E-state index contributed by atoms with van der Waals surface area (Å²) in [5, 5.41) is 7.47. The number of nitrogens with zero attached hydrogens (tertiary/aromatic N) is 2. The fourth-order valence-electron chi connectivity index (χ4n) is 2.62. The van der Waals surface area contributed by atoms with Gasteiger partial charge in [0, 0.05) is 3.57 Å². The maximum atomic E-state index is 13.0. The lowest BCUT2D eigenvalue weighted by molar-refractivity contribution is 0.102. The molecule has 0 fully saturated rings. The van der Waals surface area contributed by atoms with Crippen molar-refractivity contribution in [1.29, 1.82) is 0 Å². The van der Waals surface area contributed by atoms with Crippen molar-refractivity contribution in [2.45, 2.75) is 20.4 Å². The molecule has 1 aromatic heterocycles. The Morgan fingerprint density at radius 2 is 1.84 bits per heavy atom. The number of nitrogens with one attached hydrogen (secondary N) is 1. The summed E-state index contributed by atoms with van der Waals surface area (Å²) in [4.78, 5) is 12.5. The Balaban J connectivity index is 1.83. The lowest BCUT2D eigenvalue weighted by Gasteiger charge is -2.08. The molecule has 1 N–H and O–H groups in total. The molecule has 0 aliphatic heterocycles. The second-order valence-electron chi connectivity index (χ2n) is 5.76. The highest BCUT2D eigenvalue weighted by molar-refractivity contribution is 14.1. The molecule has 0 bridgehead atoms. The summed E-state index contributed by atoms with van der Waals surface area (Å²) < 4.78 is 15.7. The van der Waals surface area contributed by atoms with Crippen LogP contribution in [0.15, 0.2) is 48.5 Å². The van der Waals surface area contributed by atoms with Crippen molar-refractivity contribution < 1.29 is 9.18 Å². The number of halogens is 2. The topological polar surface area (TPSA) is 46.9 Å². The van der Waals surface area contributed by atoms with Gasteiger partial charge in [-0.2, -0.15) is 5.10 Å². The minimum atomic E-state index is -0.262. The third-order valence-corrected chi connectivity index (χ3v) is 4.92. The van der Waals surface area contributed by atoms with Crippen LogP contribution in [0.4, 0.5) is 10.1 Å². The van der Waals surface area contributed by atoms with Gasteiger partial charge in [-0.05, 0) is 66.3 Å². The van der Waals surface area contributed by atoms with Gasteiger partial charge in [-0.25, -0.2) is 4.39 Å². The normalized spacial score (nSPS) is 10.7. The zero-order valence-electron chi connectivity index (χ0n) is 13.9. The first kappa shape index (κ1) is 17.6. The van der Waals surface area contributed by atoms with Crippen LogP contribution >= 0.6 is 22.6 Å². The molecule has 0 atom stereocenters. The molecule has 0 unspecified atom stereocenters. The molecule has 0 saturated heterocycles. The largest absolute Gasteiger partial charge is 0.319 e. The van der Waals surface area contributed by atoms with Crippen molar-refractivity contribution in [3.05, 3.63) is 80.4 Å². The monoisotopic (exact) mass is 449 g/mol. The van der Waals surface area contributed by atoms with E-state index in [0.717, 1.165) is 20.5 Å². The van der Waals surface area contributed by atoms with Gasteiger partial charge in [0.25, 0.3) is 5.91 Å². The summed E-state index contributed by atoms with van der Waals surface area (Å²) in [5.41, 5.74) is 3.91. The highest BCUT2D eigenvalue weighted by atomic mass is 127. The first-order valence-corrected chi connectivity index (χ1v) is 8.88. The van der Waals surface area contributed by atoms with Crippen LogP contribution in [0.3, 0.4) is 0 Å². The van der Waals surface area contributed by atoms with E-state index in [1.807, 2.05) is 36.7 Å². The van der Waals surface area contributed by atoms with Crippen molar-refractivity contribution in [2.75, 3.05) is 5.32 Å². The highest BCUT2D eigenvalue weighted by Crippen LogP contribution is 2.22. The van der Waals surface area contributed by atoms with Crippen LogP contribution in [0.2, 0.25) is 0 Å². The Hall–Kier alpha value is -2.22. The lowest BCUT2D eigenvalue weighted by atomic mass is 10.2. The molecule has 0 spiro atoms. The fraction of sp³-hybridized carbons (Fsp3) is 0.158. The molecule has 0 saturated carbocycles. The molecule has 128 valence electrons. The number of aromatic nitrogens is 2. The van der Waals surface area contributed by atoms with E-state index in [-0.39, 0.29) is 11.7 Å². The van der Waals surface area contributed by atoms with E-state index in [1.165, 1.54) is 12.1 Å². The minimum Gasteiger partial charge on any atom is -0.319 e. The zero-order chi connectivity index (χ0) is 18.0. The molecule has 25 heavy (non-hydrogen) atoms. The number of carbonyl (C=O) groups excluding carboxylic acids is 1. The highest BCUT2D eigenvalue weighted by Gasteiger charge is 2.16. The second-order valence-corrected chi connectivity index (χ2v) is 6.93. The van der Waals surface area contributed by atoms with E-state index >= 15 is 0 Å². The maximum absolute atomic E-state index is 13.0. The van der Waals surface area contributed by atoms with Crippen LogP contribution in [-0.4, -0.2) is 15.7 Å². The summed E-state index contributed by atoms with van der Waals surface area (Å²) in [5.74, 6) is -0.417. The molecule has 2 aromatic carbocycles. The molecule has 3 aromatic rings. The standard InChI is InChI=1S/C19H17FIN3O/c1-12-18(22-19(25)16-5-3-4-6-17(16)21)13(2)24(23-12)11-14-7-9-15(20)10-8-14/h3-10H,11H2,1-2H3,(H,22,25). The SMILES string of the molecule is Cc1nn(Cc2ccc(F)cc2)c(C)c1NC(=O)c1ccccc1I. The zero-order valence-corrected chi connectivity index (χ0v) is 16.0. The third kappa shape index (κ3) is 3.89. The van der Waals surface area contributed by atoms with Crippen molar-refractivity contribution in [3.63, 3.8) is 0 Å². The van der Waals surface area contributed by atoms with Gasteiger partial charge in [0.15, 0.2) is 0 Å². The van der Waals surface area contributed by atoms with Crippen molar-refractivity contribution in [2.24, 2.45) is 0 Å². The van der Waals surface area contributed by atoms with Crippen LogP contribution in [-0.2, 0) is 6.54 Å². The summed E-state index contributed by atoms with van der Waals surface area (Å²) >= 11 is 2.15. The molecular weight excluding hydrogens is 432 g/mol. The second kappa shape index (κ2) is 7.35. The number of hydrogen-bond acceptors (Lipinski definition) is 2. The number of carbonyl (C=O) groups is 1. The van der Waals surface area contributed by atoms with Crippen LogP contribution in [0.25, 0.3) is 0 Å². The van der Waals surface area contributed by atoms with E-state index in [1.54, 1.807) is 18.2 Å². The predicted octanol–water partition coefficient (Wildman–Crippen LogP) is 4.54. The Morgan fingerprint density at radius 1 is 1.16 bits per heavy atom. The first-order valence-electron chi connectivity index (χ1n) is 7.80. The first-order chi connectivity index (χ1) is 12.0. The lowest BCUT2D eigenvalue weighted by Crippen LogP contribution is -2.14. The Labute approximate surface area is 159 Å². The summed E-state index contributed by atoms with van der Waals surface area (Å²) in [6.45, 7) is 4.29. The quantitative estimate of drug-likeness (QED) is 0.595. The Kier molecular flexibility index (Phi) is 5.17. The van der Waals surface area contributed by atoms with Crippen molar-refractivity contribution >= 4 is 34.2 Å². The van der Waals surface area contributed by atoms with Gasteiger partial charge >= 0.3 is 0 Å². The van der Waals surface area contributed by atoms with Gasteiger partial charge in [0.05, 0.1) is 29.2 Å². The summed E-state index contributed by atoms with van der Waals surface area (Å²) in [6, 6.07) is 13.8. The maximum Gasteiger partial charge on any atom is 0.256 e. The van der Waals surface area contributed by atoms with Gasteiger partial charge < -0.3 is 5.32 Å². The molecule has 0 radical (unpaired) electrons. The van der Waals surface area contributed by atoms with Crippen LogP contribution in [0.1, 0.15) is 27.3 Å². The van der Waals surface area contributed by atoms with Crippen LogP contribution in [0.5, 0.6) is 0 Å². The third-order valence-electron chi connectivity index (χ3n) is 3.98. The summed E-state index contributed by atoms with van der Waals surface area (Å²) in [7, 11) is 0. The van der Waals surface area contributed by atoms with E-state index in [9.17, 15) is 9.18 Å². The van der Waals surface area contributed by atoms with Gasteiger partial charge in [0.1, 0.15) is 5.82 Å². The molecule has 1 heterocycles. The van der Waals surface area contributed by atoms with E-state index in [0.29, 0.717) is 17.8 Å². The minimum absolute atomic E-state index is 0.155. The average Bonchev–Trinajstić information content (AvgIpc) is 2.85. The fourth-order valence-corrected chi connectivity index (χ4v) is 3.25. The van der Waals surface area contributed by atoms with Crippen molar-refractivity contribution in [3.8, 4) is 0 Å². The average molecular weight is 449 g/mol. The van der Waals surface area contributed by atoms with Crippen molar-refractivity contribution in [1.82, 2.24) is 9.78 Å². The molecule has 0 aliphatic rings.